The molecule has 8 rings (SSSR count). The normalized spacial score (nSPS) is 25.3. The third-order valence-corrected chi connectivity index (χ3v) is 9.43. The van der Waals surface area contributed by atoms with Crippen molar-refractivity contribution in [2.45, 2.75) is 63.6 Å². The van der Waals surface area contributed by atoms with Gasteiger partial charge >= 0.3 is 5.97 Å². The number of esters is 1. The van der Waals surface area contributed by atoms with Crippen molar-refractivity contribution in [3.63, 3.8) is 0 Å². The summed E-state index contributed by atoms with van der Waals surface area (Å²) in [5.74, 6) is -0.755. The Labute approximate surface area is 226 Å². The number of hydrogen-bond acceptors (Lipinski definition) is 5. The number of aryl methyl sites for hydroxylation is 1. The fraction of sp³-hybridized carbons (Fsp3) is 0.419. The average molecular weight is 528 g/mol. The summed E-state index contributed by atoms with van der Waals surface area (Å²) in [6.07, 6.45) is 7.53. The van der Waals surface area contributed by atoms with Crippen molar-refractivity contribution >= 4 is 18.2 Å². The number of aromatic nitrogens is 2. The lowest BCUT2D eigenvalue weighted by molar-refractivity contribution is -0.149. The topological polar surface area (TPSA) is 81.5 Å². The highest BCUT2D eigenvalue weighted by atomic mass is 19.1. The van der Waals surface area contributed by atoms with Crippen LogP contribution in [-0.4, -0.2) is 39.2 Å². The molecule has 3 saturated carbocycles. The highest BCUT2D eigenvalue weighted by Gasteiger charge is 2.56. The maximum atomic E-state index is 15.5. The molecule has 0 radical (unpaired) electrons. The Bertz CT molecular complexity index is 1500. The molecule has 3 aromatic rings. The lowest BCUT2D eigenvalue weighted by atomic mass is 9.65. The third-order valence-electron chi connectivity index (χ3n) is 9.43. The molecule has 2 aliphatic heterocycles. The summed E-state index contributed by atoms with van der Waals surface area (Å²) in [4.78, 5) is 44.1. The standard InChI is InChI=1S/C31H30FN3O4/c1-2-39-30(38)28(27-26-4-3-9-34(26)17-33-27)35-15-24-23(29(35)37)10-19(11-25(24)32)18-5-7-22(8-6-18)31-12-20(13-31)21(14-31)16-36/h5-8,10-11,16-17,20-21,28H,2-4,9,12-15H2,1H3. The molecule has 3 fully saturated rings. The molecule has 7 nitrogen and oxygen atoms in total. The Balaban J connectivity index is 1.19. The summed E-state index contributed by atoms with van der Waals surface area (Å²) in [6, 6.07) is 10.3. The second-order valence-electron chi connectivity index (χ2n) is 11.5. The number of benzene rings is 2. The van der Waals surface area contributed by atoms with E-state index in [4.69, 9.17) is 4.74 Å². The second-order valence-corrected chi connectivity index (χ2v) is 11.5. The van der Waals surface area contributed by atoms with Crippen LogP contribution < -0.4 is 0 Å². The van der Waals surface area contributed by atoms with Crippen molar-refractivity contribution < 1.29 is 23.5 Å². The van der Waals surface area contributed by atoms with Crippen LogP contribution in [0, 0.1) is 17.7 Å². The Hall–Kier alpha value is -3.81. The summed E-state index contributed by atoms with van der Waals surface area (Å²) in [7, 11) is 0. The first-order valence-corrected chi connectivity index (χ1v) is 13.8. The van der Waals surface area contributed by atoms with Gasteiger partial charge in [0.05, 0.1) is 25.2 Å². The fourth-order valence-electron chi connectivity index (χ4n) is 7.46. The van der Waals surface area contributed by atoms with Crippen molar-refractivity contribution in [3.05, 3.63) is 76.6 Å². The van der Waals surface area contributed by atoms with Gasteiger partial charge in [0.1, 0.15) is 12.1 Å². The zero-order valence-corrected chi connectivity index (χ0v) is 21.9. The van der Waals surface area contributed by atoms with E-state index in [0.717, 1.165) is 56.2 Å². The smallest absolute Gasteiger partial charge is 0.335 e. The number of nitrogens with zero attached hydrogens (tertiary/aromatic N) is 3. The highest BCUT2D eigenvalue weighted by Crippen LogP contribution is 2.62. The zero-order valence-electron chi connectivity index (χ0n) is 21.9. The van der Waals surface area contributed by atoms with Crippen molar-refractivity contribution in [2.24, 2.45) is 11.8 Å². The average Bonchev–Trinajstić information content (AvgIpc) is 3.72. The van der Waals surface area contributed by atoms with Crippen LogP contribution in [0.15, 0.2) is 42.7 Å². The second kappa shape index (κ2) is 8.86. The largest absolute Gasteiger partial charge is 0.464 e. The minimum atomic E-state index is -1.02. The molecule has 2 unspecified atom stereocenters. The summed E-state index contributed by atoms with van der Waals surface area (Å²) in [5, 5.41) is 0. The molecule has 0 saturated heterocycles. The van der Waals surface area contributed by atoms with E-state index in [1.54, 1.807) is 19.3 Å². The molecule has 39 heavy (non-hydrogen) atoms. The number of hydrogen-bond donors (Lipinski definition) is 0. The van der Waals surface area contributed by atoms with Gasteiger partial charge in [-0.05, 0) is 79.2 Å². The first-order valence-electron chi connectivity index (χ1n) is 13.8. The number of amides is 1. The van der Waals surface area contributed by atoms with Crippen LogP contribution in [0.5, 0.6) is 0 Å². The van der Waals surface area contributed by atoms with Crippen LogP contribution in [0.1, 0.15) is 71.5 Å². The van der Waals surface area contributed by atoms with Crippen LogP contribution >= 0.6 is 0 Å². The number of carbonyl (C=O) groups is 3. The molecule has 3 heterocycles. The van der Waals surface area contributed by atoms with E-state index in [9.17, 15) is 14.4 Å². The molecular formula is C31H30FN3O4. The van der Waals surface area contributed by atoms with E-state index >= 15 is 4.39 Å². The summed E-state index contributed by atoms with van der Waals surface area (Å²) in [6.45, 7) is 2.70. The number of carbonyl (C=O) groups excluding carboxylic acids is 3. The van der Waals surface area contributed by atoms with Crippen LogP contribution in [-0.2, 0) is 39.3 Å². The van der Waals surface area contributed by atoms with E-state index in [0.29, 0.717) is 17.2 Å². The van der Waals surface area contributed by atoms with Crippen molar-refractivity contribution in [2.75, 3.05) is 6.61 Å². The first kappa shape index (κ1) is 24.2. The number of imidazole rings is 1. The Kier molecular flexibility index (Phi) is 5.51. The van der Waals surface area contributed by atoms with Gasteiger partial charge in [0.2, 0.25) is 0 Å². The number of ether oxygens (including phenoxy) is 1. The molecule has 1 aromatic heterocycles. The Morgan fingerprint density at radius 3 is 2.72 bits per heavy atom. The molecular weight excluding hydrogens is 497 g/mol. The van der Waals surface area contributed by atoms with E-state index in [2.05, 4.69) is 17.1 Å². The van der Waals surface area contributed by atoms with Gasteiger partial charge in [-0.2, -0.15) is 0 Å². The van der Waals surface area contributed by atoms with E-state index in [-0.39, 0.29) is 35.6 Å². The van der Waals surface area contributed by atoms with E-state index in [1.807, 2.05) is 16.7 Å². The summed E-state index contributed by atoms with van der Waals surface area (Å²) < 4.78 is 22.8. The van der Waals surface area contributed by atoms with Gasteiger partial charge in [-0.1, -0.05) is 24.3 Å². The quantitative estimate of drug-likeness (QED) is 0.327. The van der Waals surface area contributed by atoms with Crippen LogP contribution in [0.4, 0.5) is 4.39 Å². The predicted molar refractivity (Wildman–Crippen MR) is 140 cm³/mol. The molecule has 2 atom stereocenters. The molecule has 8 heteroatoms. The Morgan fingerprint density at radius 1 is 1.21 bits per heavy atom. The number of halogens is 1. The molecule has 200 valence electrons. The van der Waals surface area contributed by atoms with Crippen molar-refractivity contribution in [3.8, 4) is 11.1 Å². The van der Waals surface area contributed by atoms with Crippen LogP contribution in [0.25, 0.3) is 11.1 Å². The first-order chi connectivity index (χ1) is 18.9. The minimum absolute atomic E-state index is 0.0173. The maximum Gasteiger partial charge on any atom is 0.335 e. The number of fused-ring (bicyclic) bond motifs is 3. The van der Waals surface area contributed by atoms with Gasteiger partial charge < -0.3 is 19.0 Å². The van der Waals surface area contributed by atoms with E-state index in [1.165, 1.54) is 16.5 Å². The van der Waals surface area contributed by atoms with Gasteiger partial charge in [-0.3, -0.25) is 4.79 Å². The molecule has 2 bridgehead atoms. The van der Waals surface area contributed by atoms with Gasteiger partial charge in [0.25, 0.3) is 5.91 Å². The van der Waals surface area contributed by atoms with Crippen LogP contribution in [0.2, 0.25) is 0 Å². The van der Waals surface area contributed by atoms with Gasteiger partial charge in [0, 0.05) is 29.3 Å². The third kappa shape index (κ3) is 3.60. The number of aldehydes is 1. The SMILES string of the molecule is CCOC(=O)C(c1ncn2c1CCC2)N1Cc2c(F)cc(-c3ccc(C45CC(C=O)C(C4)C5)cc3)cc2C1=O. The van der Waals surface area contributed by atoms with E-state index < -0.39 is 23.7 Å². The molecule has 1 amide bonds. The summed E-state index contributed by atoms with van der Waals surface area (Å²) in [5.41, 5.74) is 4.74. The van der Waals surface area contributed by atoms with Gasteiger partial charge in [-0.15, -0.1) is 0 Å². The van der Waals surface area contributed by atoms with Gasteiger partial charge in [0.15, 0.2) is 6.04 Å². The monoisotopic (exact) mass is 527 g/mol. The Morgan fingerprint density at radius 2 is 2.00 bits per heavy atom. The lowest BCUT2D eigenvalue weighted by Crippen LogP contribution is -2.36. The molecule has 3 aliphatic carbocycles. The van der Waals surface area contributed by atoms with Crippen molar-refractivity contribution in [1.29, 1.82) is 0 Å². The maximum absolute atomic E-state index is 15.5. The van der Waals surface area contributed by atoms with Crippen molar-refractivity contribution in [1.82, 2.24) is 14.5 Å². The van der Waals surface area contributed by atoms with Gasteiger partial charge in [-0.25, -0.2) is 14.2 Å². The minimum Gasteiger partial charge on any atom is -0.464 e. The molecule has 5 aliphatic rings. The lowest BCUT2D eigenvalue weighted by Gasteiger charge is -2.39. The highest BCUT2D eigenvalue weighted by molar-refractivity contribution is 6.02. The van der Waals surface area contributed by atoms with Crippen LogP contribution in [0.3, 0.4) is 0 Å². The fourth-order valence-corrected chi connectivity index (χ4v) is 7.46. The predicted octanol–water partition coefficient (Wildman–Crippen LogP) is 4.76. The molecule has 2 aromatic carbocycles. The zero-order chi connectivity index (χ0) is 26.9. The summed E-state index contributed by atoms with van der Waals surface area (Å²) >= 11 is 0. The molecule has 0 spiro atoms. The number of rotatable bonds is 7. The molecule has 0 N–H and O–H groups in total.